The molecule has 4 nitrogen and oxygen atoms in total. The van der Waals surface area contributed by atoms with Crippen LogP contribution in [0.3, 0.4) is 0 Å². The van der Waals surface area contributed by atoms with Crippen LogP contribution in [0.4, 0.5) is 13.2 Å². The van der Waals surface area contributed by atoms with Crippen LogP contribution in [0.5, 0.6) is 0 Å². The molecule has 28 heavy (non-hydrogen) atoms. The van der Waals surface area contributed by atoms with Gasteiger partial charge in [-0.05, 0) is 41.1 Å². The SMILES string of the molecule is N=C(N)c1ccc2cc(C#Cc3ccccc3)ccc2c1.O=C(O)C(F)(F)F. The number of halogens is 3. The van der Waals surface area contributed by atoms with Crippen molar-refractivity contribution < 1.29 is 23.1 Å². The zero-order chi connectivity index (χ0) is 20.7. The van der Waals surface area contributed by atoms with Gasteiger partial charge in [-0.1, -0.05) is 48.2 Å². The Labute approximate surface area is 158 Å². The van der Waals surface area contributed by atoms with Crippen LogP contribution in [0, 0.1) is 17.3 Å². The van der Waals surface area contributed by atoms with Crippen LogP contribution < -0.4 is 5.73 Å². The van der Waals surface area contributed by atoms with E-state index in [0.29, 0.717) is 0 Å². The van der Waals surface area contributed by atoms with E-state index in [1.54, 1.807) is 0 Å². The standard InChI is InChI=1S/C19H14N2.C2HF3O2/c20-19(21)18-11-10-16-12-15(8-9-17(16)13-18)7-6-14-4-2-1-3-5-14;3-2(4,5)1(6)7/h1-5,8-13H,(H3,20,21);(H,6,7). The van der Waals surface area contributed by atoms with E-state index >= 15 is 0 Å². The molecule has 3 aromatic rings. The van der Waals surface area contributed by atoms with Crippen molar-refractivity contribution in [3.8, 4) is 11.8 Å². The second-order valence-corrected chi connectivity index (χ2v) is 5.61. The molecule has 0 saturated carbocycles. The minimum absolute atomic E-state index is 0.0878. The first-order chi connectivity index (χ1) is 13.2. The van der Waals surface area contributed by atoms with E-state index in [-0.39, 0.29) is 5.84 Å². The maximum atomic E-state index is 10.6. The quantitative estimate of drug-likeness (QED) is 0.335. The van der Waals surface area contributed by atoms with Crippen molar-refractivity contribution in [3.05, 3.63) is 83.4 Å². The van der Waals surface area contributed by atoms with Gasteiger partial charge in [-0.25, -0.2) is 4.79 Å². The molecule has 0 aliphatic carbocycles. The van der Waals surface area contributed by atoms with Gasteiger partial charge in [0.2, 0.25) is 0 Å². The molecule has 0 unspecified atom stereocenters. The Morgan fingerprint density at radius 2 is 1.43 bits per heavy atom. The third kappa shape index (κ3) is 5.88. The predicted molar refractivity (Wildman–Crippen MR) is 101 cm³/mol. The summed E-state index contributed by atoms with van der Waals surface area (Å²) in [7, 11) is 0. The summed E-state index contributed by atoms with van der Waals surface area (Å²) in [5, 5.41) is 16.8. The van der Waals surface area contributed by atoms with Crippen molar-refractivity contribution in [2.45, 2.75) is 6.18 Å². The summed E-state index contributed by atoms with van der Waals surface area (Å²) in [5.74, 6) is 3.66. The average molecular weight is 384 g/mol. The highest BCUT2D eigenvalue weighted by Crippen LogP contribution is 2.17. The number of nitrogen functional groups attached to an aromatic ring is 1. The van der Waals surface area contributed by atoms with Crippen molar-refractivity contribution in [1.82, 2.24) is 0 Å². The van der Waals surface area contributed by atoms with E-state index in [1.807, 2.05) is 60.7 Å². The number of amidine groups is 1. The lowest BCUT2D eigenvalue weighted by molar-refractivity contribution is -0.192. The fraction of sp³-hybridized carbons (Fsp3) is 0.0476. The molecule has 0 atom stereocenters. The van der Waals surface area contributed by atoms with Crippen molar-refractivity contribution in [2.24, 2.45) is 5.73 Å². The Balaban J connectivity index is 0.000000345. The fourth-order valence-corrected chi connectivity index (χ4v) is 2.16. The topological polar surface area (TPSA) is 87.2 Å². The normalized spacial score (nSPS) is 10.2. The van der Waals surface area contributed by atoms with Crippen LogP contribution >= 0.6 is 0 Å². The maximum Gasteiger partial charge on any atom is 0.490 e. The first kappa shape index (κ1) is 20.5. The van der Waals surface area contributed by atoms with E-state index in [9.17, 15) is 13.2 Å². The number of benzene rings is 3. The van der Waals surface area contributed by atoms with Gasteiger partial charge < -0.3 is 10.8 Å². The molecular weight excluding hydrogens is 369 g/mol. The van der Waals surface area contributed by atoms with Gasteiger partial charge in [-0.2, -0.15) is 13.2 Å². The van der Waals surface area contributed by atoms with Gasteiger partial charge >= 0.3 is 12.1 Å². The number of hydrogen-bond acceptors (Lipinski definition) is 2. The number of nitrogens with two attached hydrogens (primary N) is 1. The average Bonchev–Trinajstić information content (AvgIpc) is 2.66. The molecule has 0 bridgehead atoms. The van der Waals surface area contributed by atoms with Crippen molar-refractivity contribution in [1.29, 1.82) is 5.41 Å². The molecule has 0 spiro atoms. The van der Waals surface area contributed by atoms with Crippen molar-refractivity contribution >= 4 is 22.6 Å². The highest BCUT2D eigenvalue weighted by molar-refractivity contribution is 5.99. The highest BCUT2D eigenvalue weighted by atomic mass is 19.4. The first-order valence-corrected chi connectivity index (χ1v) is 7.92. The van der Waals surface area contributed by atoms with Crippen LogP contribution in [0.15, 0.2) is 66.7 Å². The molecule has 0 fully saturated rings. The molecule has 4 N–H and O–H groups in total. The molecule has 142 valence electrons. The van der Waals surface area contributed by atoms with Crippen LogP contribution in [0.1, 0.15) is 16.7 Å². The molecule has 0 aliphatic heterocycles. The van der Waals surface area contributed by atoms with E-state index in [4.69, 9.17) is 21.0 Å². The fourth-order valence-electron chi connectivity index (χ4n) is 2.16. The molecule has 0 aliphatic rings. The second kappa shape index (κ2) is 8.73. The van der Waals surface area contributed by atoms with Crippen molar-refractivity contribution in [2.75, 3.05) is 0 Å². The smallest absolute Gasteiger partial charge is 0.475 e. The van der Waals surface area contributed by atoms with Gasteiger partial charge in [-0.15, -0.1) is 0 Å². The molecule has 0 heterocycles. The van der Waals surface area contributed by atoms with Gasteiger partial charge in [0.05, 0.1) is 0 Å². The number of carboxylic acids is 1. The highest BCUT2D eigenvalue weighted by Gasteiger charge is 2.38. The largest absolute Gasteiger partial charge is 0.490 e. The van der Waals surface area contributed by atoms with Gasteiger partial charge in [0.15, 0.2) is 0 Å². The van der Waals surface area contributed by atoms with E-state index in [2.05, 4.69) is 17.9 Å². The molecule has 0 aromatic heterocycles. The molecular formula is C21H15F3N2O2. The van der Waals surface area contributed by atoms with Crippen LogP contribution in [0.25, 0.3) is 10.8 Å². The van der Waals surface area contributed by atoms with Gasteiger partial charge in [0, 0.05) is 16.7 Å². The lowest BCUT2D eigenvalue weighted by atomic mass is 10.0. The molecule has 0 saturated heterocycles. The zero-order valence-electron chi connectivity index (χ0n) is 14.4. The number of aliphatic carboxylic acids is 1. The minimum Gasteiger partial charge on any atom is -0.475 e. The number of alkyl halides is 3. The number of nitrogens with one attached hydrogen (secondary N) is 1. The monoisotopic (exact) mass is 384 g/mol. The number of rotatable bonds is 1. The lowest BCUT2D eigenvalue weighted by Crippen LogP contribution is -2.21. The predicted octanol–water partition coefficient (Wildman–Crippen LogP) is 4.16. The molecule has 0 radical (unpaired) electrons. The number of hydrogen-bond donors (Lipinski definition) is 3. The van der Waals surface area contributed by atoms with E-state index in [0.717, 1.165) is 27.5 Å². The van der Waals surface area contributed by atoms with Crippen molar-refractivity contribution in [3.63, 3.8) is 0 Å². The molecule has 7 heteroatoms. The molecule has 3 rings (SSSR count). The summed E-state index contributed by atoms with van der Waals surface area (Å²) < 4.78 is 31.7. The summed E-state index contributed by atoms with van der Waals surface area (Å²) >= 11 is 0. The van der Waals surface area contributed by atoms with Crippen LogP contribution in [0.2, 0.25) is 0 Å². The first-order valence-electron chi connectivity index (χ1n) is 7.92. The van der Waals surface area contributed by atoms with E-state index in [1.165, 1.54) is 0 Å². The van der Waals surface area contributed by atoms with Crippen LogP contribution in [-0.2, 0) is 4.79 Å². The Hall–Kier alpha value is -3.79. The summed E-state index contributed by atoms with van der Waals surface area (Å²) in [6.45, 7) is 0. The third-order valence-electron chi connectivity index (χ3n) is 3.52. The zero-order valence-corrected chi connectivity index (χ0v) is 14.4. The Morgan fingerprint density at radius 3 is 2.00 bits per heavy atom. The minimum atomic E-state index is -5.08. The Morgan fingerprint density at radius 1 is 0.893 bits per heavy atom. The van der Waals surface area contributed by atoms with E-state index < -0.39 is 12.1 Å². The maximum absolute atomic E-state index is 10.6. The summed E-state index contributed by atoms with van der Waals surface area (Å²) in [5.41, 5.74) is 8.23. The van der Waals surface area contributed by atoms with Gasteiger partial charge in [0.1, 0.15) is 5.84 Å². The summed E-state index contributed by atoms with van der Waals surface area (Å²) in [4.78, 5) is 8.90. The number of carbonyl (C=O) groups is 1. The lowest BCUT2D eigenvalue weighted by Gasteiger charge is -2.02. The Bertz CT molecular complexity index is 1070. The molecule has 0 amide bonds. The number of fused-ring (bicyclic) bond motifs is 1. The summed E-state index contributed by atoms with van der Waals surface area (Å²) in [6.07, 6.45) is -5.08. The summed E-state index contributed by atoms with van der Waals surface area (Å²) in [6, 6.07) is 21.7. The molecule has 3 aromatic carbocycles. The van der Waals surface area contributed by atoms with Gasteiger partial charge in [0.25, 0.3) is 0 Å². The number of carboxylic acid groups (broad SMARTS) is 1. The second-order valence-electron chi connectivity index (χ2n) is 5.61. The van der Waals surface area contributed by atoms with Gasteiger partial charge in [-0.3, -0.25) is 5.41 Å². The third-order valence-corrected chi connectivity index (χ3v) is 3.52. The van der Waals surface area contributed by atoms with Crippen LogP contribution in [-0.4, -0.2) is 23.1 Å². The Kier molecular flexibility index (Phi) is 6.40.